The molecule has 3 aromatic rings. The van der Waals surface area contributed by atoms with Crippen molar-refractivity contribution in [3.8, 4) is 0 Å². The monoisotopic (exact) mass is 578 g/mol. The number of rotatable bonds is 10. The van der Waals surface area contributed by atoms with Crippen LogP contribution in [0.25, 0.3) is 10.2 Å². The maximum atomic E-state index is 13.8. The molecule has 40 heavy (non-hydrogen) atoms. The number of carbonyl (C=O) groups is 3. The Bertz CT molecular complexity index is 1390. The zero-order valence-corrected chi connectivity index (χ0v) is 24.0. The van der Waals surface area contributed by atoms with Crippen molar-refractivity contribution in [3.63, 3.8) is 0 Å². The first kappa shape index (κ1) is 28.1. The number of Topliss-reactive ketones (excluding diaryl/α,β-unsaturated/α-hetero) is 1. The SMILES string of the molecule is C[C@]12CC[C@H](Cc3ccccc3)C(=O)N1[C@H](C(=O)NC(CCCN=C(N)N)C(=O)c1nc3ccccc3s1)CS2. The Morgan fingerprint density at radius 3 is 2.67 bits per heavy atom. The summed E-state index contributed by atoms with van der Waals surface area (Å²) in [5.41, 5.74) is 12.8. The highest BCUT2D eigenvalue weighted by molar-refractivity contribution is 8.00. The summed E-state index contributed by atoms with van der Waals surface area (Å²) >= 11 is 2.95. The van der Waals surface area contributed by atoms with Gasteiger partial charge in [0.2, 0.25) is 17.6 Å². The molecule has 210 valence electrons. The van der Waals surface area contributed by atoms with Gasteiger partial charge in [-0.15, -0.1) is 23.1 Å². The number of nitrogens with one attached hydrogen (secondary N) is 1. The van der Waals surface area contributed by atoms with Crippen molar-refractivity contribution < 1.29 is 14.4 Å². The van der Waals surface area contributed by atoms with E-state index in [9.17, 15) is 14.4 Å². The normalized spacial score (nSPS) is 23.0. The van der Waals surface area contributed by atoms with E-state index in [4.69, 9.17) is 11.5 Å². The molecular formula is C29H34N6O3S2. The molecule has 2 fully saturated rings. The summed E-state index contributed by atoms with van der Waals surface area (Å²) in [5.74, 6) is -0.268. The minimum Gasteiger partial charge on any atom is -0.370 e. The van der Waals surface area contributed by atoms with E-state index >= 15 is 0 Å². The zero-order chi connectivity index (χ0) is 28.3. The van der Waals surface area contributed by atoms with Crippen molar-refractivity contribution in [3.05, 3.63) is 65.2 Å². The van der Waals surface area contributed by atoms with Crippen molar-refractivity contribution in [2.24, 2.45) is 22.4 Å². The molecular weight excluding hydrogens is 544 g/mol. The van der Waals surface area contributed by atoms with Gasteiger partial charge in [0, 0.05) is 18.2 Å². The Hall–Kier alpha value is -3.44. The molecule has 3 heterocycles. The van der Waals surface area contributed by atoms with Gasteiger partial charge in [-0.25, -0.2) is 4.98 Å². The van der Waals surface area contributed by atoms with Gasteiger partial charge in [0.15, 0.2) is 11.0 Å². The Kier molecular flexibility index (Phi) is 8.41. The van der Waals surface area contributed by atoms with Crippen molar-refractivity contribution in [2.45, 2.75) is 56.0 Å². The maximum Gasteiger partial charge on any atom is 0.244 e. The molecule has 0 radical (unpaired) electrons. The largest absolute Gasteiger partial charge is 0.370 e. The number of amides is 2. The number of thiazole rings is 1. The Morgan fingerprint density at radius 1 is 1.18 bits per heavy atom. The van der Waals surface area contributed by atoms with E-state index in [1.807, 2.05) is 61.5 Å². The highest BCUT2D eigenvalue weighted by Gasteiger charge is 2.53. The number of aliphatic imine (C=N–C) groups is 1. The molecule has 0 saturated carbocycles. The number of nitrogens with zero attached hydrogens (tertiary/aromatic N) is 3. The van der Waals surface area contributed by atoms with E-state index in [1.54, 1.807) is 16.7 Å². The third kappa shape index (κ3) is 6.00. The molecule has 5 N–H and O–H groups in total. The lowest BCUT2D eigenvalue weighted by Crippen LogP contribution is -2.59. The second kappa shape index (κ2) is 12.0. The van der Waals surface area contributed by atoms with Crippen LogP contribution in [-0.4, -0.2) is 62.7 Å². The number of hydrogen-bond donors (Lipinski definition) is 3. The van der Waals surface area contributed by atoms with E-state index in [-0.39, 0.29) is 29.5 Å². The van der Waals surface area contributed by atoms with Gasteiger partial charge in [0.25, 0.3) is 0 Å². The summed E-state index contributed by atoms with van der Waals surface area (Å²) in [7, 11) is 0. The summed E-state index contributed by atoms with van der Waals surface area (Å²) in [4.78, 5) is 51.0. The van der Waals surface area contributed by atoms with Gasteiger partial charge in [-0.3, -0.25) is 19.4 Å². The van der Waals surface area contributed by atoms with Gasteiger partial charge in [0.05, 0.1) is 21.1 Å². The smallest absolute Gasteiger partial charge is 0.244 e. The molecule has 0 spiro atoms. The highest BCUT2D eigenvalue weighted by Crippen LogP contribution is 2.47. The Morgan fingerprint density at radius 2 is 1.93 bits per heavy atom. The van der Waals surface area contributed by atoms with Crippen LogP contribution in [0.15, 0.2) is 59.6 Å². The van der Waals surface area contributed by atoms with Gasteiger partial charge < -0.3 is 21.7 Å². The second-order valence-electron chi connectivity index (χ2n) is 10.5. The maximum absolute atomic E-state index is 13.8. The average Bonchev–Trinajstić information content (AvgIpc) is 3.54. The Labute approximate surface area is 241 Å². The predicted molar refractivity (Wildman–Crippen MR) is 160 cm³/mol. The molecule has 4 atom stereocenters. The second-order valence-corrected chi connectivity index (χ2v) is 13.0. The zero-order valence-electron chi connectivity index (χ0n) is 22.4. The number of guanidine groups is 1. The fourth-order valence-corrected chi connectivity index (χ4v) is 7.92. The van der Waals surface area contributed by atoms with Gasteiger partial charge >= 0.3 is 0 Å². The minimum absolute atomic E-state index is 0.00422. The summed E-state index contributed by atoms with van der Waals surface area (Å²) in [6.45, 7) is 2.38. The van der Waals surface area contributed by atoms with E-state index in [0.717, 1.165) is 28.6 Å². The molecule has 1 unspecified atom stereocenters. The average molecular weight is 579 g/mol. The number of ketones is 1. The van der Waals surface area contributed by atoms with Crippen LogP contribution in [0, 0.1) is 5.92 Å². The van der Waals surface area contributed by atoms with Crippen LogP contribution in [0.5, 0.6) is 0 Å². The molecule has 1 aromatic heterocycles. The molecule has 2 aliphatic rings. The predicted octanol–water partition coefficient (Wildman–Crippen LogP) is 3.33. The van der Waals surface area contributed by atoms with E-state index in [1.165, 1.54) is 11.3 Å². The number of benzene rings is 2. The molecule has 0 aliphatic carbocycles. The third-order valence-corrected chi connectivity index (χ3v) is 10.2. The number of fused-ring (bicyclic) bond motifs is 2. The van der Waals surface area contributed by atoms with Crippen LogP contribution in [-0.2, 0) is 16.0 Å². The van der Waals surface area contributed by atoms with Gasteiger partial charge in [-0.2, -0.15) is 0 Å². The van der Waals surface area contributed by atoms with Crippen LogP contribution in [0.2, 0.25) is 0 Å². The van der Waals surface area contributed by atoms with Crippen LogP contribution in [0.4, 0.5) is 0 Å². The quantitative estimate of drug-likeness (QED) is 0.145. The lowest BCUT2D eigenvalue weighted by Gasteiger charge is -2.44. The number of carbonyl (C=O) groups excluding carboxylic acids is 3. The van der Waals surface area contributed by atoms with Gasteiger partial charge in [-0.1, -0.05) is 42.5 Å². The van der Waals surface area contributed by atoms with E-state index in [2.05, 4.69) is 15.3 Å². The third-order valence-electron chi connectivity index (χ3n) is 7.63. The first-order chi connectivity index (χ1) is 19.2. The number of thioether (sulfide) groups is 1. The minimum atomic E-state index is -0.806. The number of para-hydroxylation sites is 1. The van der Waals surface area contributed by atoms with Gasteiger partial charge in [-0.05, 0) is 56.7 Å². The number of aromatic nitrogens is 1. The molecule has 0 bridgehead atoms. The molecule has 11 heteroatoms. The van der Waals surface area contributed by atoms with E-state index < -0.39 is 17.0 Å². The van der Waals surface area contributed by atoms with Crippen molar-refractivity contribution >= 4 is 56.9 Å². The first-order valence-electron chi connectivity index (χ1n) is 13.5. The molecule has 2 aromatic carbocycles. The number of nitrogens with two attached hydrogens (primary N) is 2. The van der Waals surface area contributed by atoms with Crippen molar-refractivity contribution in [2.75, 3.05) is 12.3 Å². The van der Waals surface area contributed by atoms with Crippen molar-refractivity contribution in [1.82, 2.24) is 15.2 Å². The highest BCUT2D eigenvalue weighted by atomic mass is 32.2. The number of piperidine rings is 1. The Balaban J connectivity index is 1.33. The first-order valence-corrected chi connectivity index (χ1v) is 15.3. The summed E-state index contributed by atoms with van der Waals surface area (Å²) in [5, 5.41) is 3.33. The lowest BCUT2D eigenvalue weighted by atomic mass is 9.86. The van der Waals surface area contributed by atoms with Crippen LogP contribution in [0.1, 0.15) is 48.0 Å². The van der Waals surface area contributed by atoms with Gasteiger partial charge in [0.1, 0.15) is 6.04 Å². The topological polar surface area (TPSA) is 144 Å². The summed E-state index contributed by atoms with van der Waals surface area (Å²) < 4.78 is 0.905. The van der Waals surface area contributed by atoms with Crippen LogP contribution in [0.3, 0.4) is 0 Å². The molecule has 2 amide bonds. The van der Waals surface area contributed by atoms with Crippen LogP contribution < -0.4 is 16.8 Å². The molecule has 2 aliphatic heterocycles. The summed E-state index contributed by atoms with van der Waals surface area (Å²) in [6.07, 6.45) is 3.09. The number of hydrogen-bond acceptors (Lipinski definition) is 7. The fraction of sp³-hybridized carbons (Fsp3) is 0.414. The molecule has 9 nitrogen and oxygen atoms in total. The van der Waals surface area contributed by atoms with Crippen LogP contribution >= 0.6 is 23.1 Å². The summed E-state index contributed by atoms with van der Waals surface area (Å²) in [6, 6.07) is 16.1. The molecule has 2 saturated heterocycles. The lowest BCUT2D eigenvalue weighted by molar-refractivity contribution is -0.149. The fourth-order valence-electron chi connectivity index (χ4n) is 5.52. The standard InChI is InChI=1S/C29H34N6O3S2/c1-29-14-13-19(16-18-8-3-2-4-9-18)27(38)35(29)22(17-39-29)25(37)33-21(11-7-15-32-28(30)31)24(36)26-34-20-10-5-6-12-23(20)40-26/h2-6,8-10,12,19,21-22H,7,11,13-17H2,1H3,(H,33,37)(H4,30,31,32)/t19-,21?,22+,29+/m1/s1. The molecule has 5 rings (SSSR count). The van der Waals surface area contributed by atoms with Crippen molar-refractivity contribution in [1.29, 1.82) is 0 Å². The van der Waals surface area contributed by atoms with E-state index in [0.29, 0.717) is 36.6 Å².